The molecule has 2 aliphatic rings. The summed E-state index contributed by atoms with van der Waals surface area (Å²) in [5.41, 5.74) is 3.05. The Morgan fingerprint density at radius 3 is 2.62 bits per heavy atom. The van der Waals surface area contributed by atoms with Crippen LogP contribution in [0.2, 0.25) is 0 Å². The summed E-state index contributed by atoms with van der Waals surface area (Å²) in [6, 6.07) is 7.82. The number of benzene rings is 1. The molecule has 162 valence electrons. The number of aromatic nitrogens is 5. The molecule has 3 aromatic heterocycles. The molecule has 1 aromatic carbocycles. The fourth-order valence-corrected chi connectivity index (χ4v) is 4.71. The summed E-state index contributed by atoms with van der Waals surface area (Å²) in [4.78, 5) is 33.5. The van der Waals surface area contributed by atoms with Crippen molar-refractivity contribution in [2.24, 2.45) is 0 Å². The monoisotopic (exact) mass is 433 g/mol. The van der Waals surface area contributed by atoms with Crippen LogP contribution in [0, 0.1) is 5.82 Å². The summed E-state index contributed by atoms with van der Waals surface area (Å²) < 4.78 is 19.0. The van der Waals surface area contributed by atoms with Crippen molar-refractivity contribution < 1.29 is 19.4 Å². The summed E-state index contributed by atoms with van der Waals surface area (Å²) >= 11 is 0. The van der Waals surface area contributed by atoms with E-state index in [0.717, 1.165) is 48.2 Å². The van der Waals surface area contributed by atoms with E-state index in [1.807, 2.05) is 0 Å². The SMILES string of the molecule is O.O=C1O[C@]2(CC[C@H](c3nc4nc(-c5ccc(F)cc5)ncc4[nH]3)CC2)c2cnccc21. The van der Waals surface area contributed by atoms with E-state index in [2.05, 4.69) is 19.9 Å². The molecular weight excluding hydrogens is 413 g/mol. The quantitative estimate of drug-likeness (QED) is 0.483. The number of halogens is 1. The Morgan fingerprint density at radius 1 is 1.06 bits per heavy atom. The zero-order chi connectivity index (χ0) is 21.0. The first-order valence-corrected chi connectivity index (χ1v) is 10.3. The highest BCUT2D eigenvalue weighted by atomic mass is 19.1. The Morgan fingerprint density at radius 2 is 1.84 bits per heavy atom. The van der Waals surface area contributed by atoms with E-state index < -0.39 is 5.60 Å². The third-order valence-corrected chi connectivity index (χ3v) is 6.36. The van der Waals surface area contributed by atoms with Crippen LogP contribution < -0.4 is 0 Å². The molecule has 3 N–H and O–H groups in total. The van der Waals surface area contributed by atoms with Crippen LogP contribution in [0.3, 0.4) is 0 Å². The normalized spacial score (nSPS) is 21.9. The molecule has 0 radical (unpaired) electrons. The molecular formula is C23H20FN5O3. The molecule has 1 saturated carbocycles. The summed E-state index contributed by atoms with van der Waals surface area (Å²) in [7, 11) is 0. The van der Waals surface area contributed by atoms with Gasteiger partial charge >= 0.3 is 5.97 Å². The van der Waals surface area contributed by atoms with Gasteiger partial charge in [0.25, 0.3) is 0 Å². The van der Waals surface area contributed by atoms with Crippen LogP contribution in [0.25, 0.3) is 22.6 Å². The first-order chi connectivity index (χ1) is 15.1. The minimum Gasteiger partial charge on any atom is -0.450 e. The van der Waals surface area contributed by atoms with Gasteiger partial charge in [-0.1, -0.05) is 0 Å². The summed E-state index contributed by atoms with van der Waals surface area (Å²) in [5.74, 6) is 1.03. The molecule has 0 amide bonds. The molecule has 1 fully saturated rings. The molecule has 6 rings (SSSR count). The Bertz CT molecular complexity index is 1310. The van der Waals surface area contributed by atoms with Gasteiger partial charge in [0.2, 0.25) is 0 Å². The Kier molecular flexibility index (Phi) is 4.70. The molecule has 9 heteroatoms. The van der Waals surface area contributed by atoms with Crippen molar-refractivity contribution in [2.45, 2.75) is 37.2 Å². The van der Waals surface area contributed by atoms with E-state index >= 15 is 0 Å². The lowest BCUT2D eigenvalue weighted by Crippen LogP contribution is -2.31. The van der Waals surface area contributed by atoms with E-state index in [4.69, 9.17) is 9.72 Å². The number of hydrogen-bond acceptors (Lipinski definition) is 6. The maximum absolute atomic E-state index is 13.2. The lowest BCUT2D eigenvalue weighted by molar-refractivity contribution is -0.0313. The number of nitrogens with one attached hydrogen (secondary N) is 1. The fraction of sp³-hybridized carbons (Fsp3) is 0.261. The van der Waals surface area contributed by atoms with Gasteiger partial charge in [0.1, 0.15) is 22.8 Å². The molecule has 1 aliphatic carbocycles. The second kappa shape index (κ2) is 7.45. The van der Waals surface area contributed by atoms with Crippen LogP contribution >= 0.6 is 0 Å². The molecule has 1 spiro atoms. The summed E-state index contributed by atoms with van der Waals surface area (Å²) in [5, 5.41) is 0. The number of nitrogens with zero attached hydrogens (tertiary/aromatic N) is 4. The lowest BCUT2D eigenvalue weighted by Gasteiger charge is -2.35. The zero-order valence-electron chi connectivity index (χ0n) is 17.0. The number of esters is 1. The first kappa shape index (κ1) is 20.2. The van der Waals surface area contributed by atoms with Crippen LogP contribution in [-0.4, -0.2) is 36.4 Å². The Hall–Kier alpha value is -3.72. The third kappa shape index (κ3) is 3.13. The maximum atomic E-state index is 13.2. The molecule has 0 atom stereocenters. The van der Waals surface area contributed by atoms with Crippen molar-refractivity contribution in [3.05, 3.63) is 71.7 Å². The van der Waals surface area contributed by atoms with Gasteiger partial charge in [0.05, 0.1) is 11.8 Å². The minimum absolute atomic E-state index is 0. The Balaban J connectivity index is 0.00000216. The van der Waals surface area contributed by atoms with Crippen molar-refractivity contribution >= 4 is 17.1 Å². The molecule has 0 bridgehead atoms. The fourth-order valence-electron chi connectivity index (χ4n) is 4.71. The average Bonchev–Trinajstić information content (AvgIpc) is 3.34. The smallest absolute Gasteiger partial charge is 0.339 e. The molecule has 0 unspecified atom stereocenters. The van der Waals surface area contributed by atoms with Gasteiger partial charge < -0.3 is 15.2 Å². The van der Waals surface area contributed by atoms with Crippen LogP contribution in [0.15, 0.2) is 48.9 Å². The number of imidazole rings is 1. The highest BCUT2D eigenvalue weighted by Crippen LogP contribution is 2.49. The number of pyridine rings is 1. The number of carbonyl (C=O) groups is 1. The van der Waals surface area contributed by atoms with Gasteiger partial charge in [-0.05, 0) is 56.0 Å². The van der Waals surface area contributed by atoms with Gasteiger partial charge in [0, 0.05) is 29.4 Å². The maximum Gasteiger partial charge on any atom is 0.339 e. The van der Waals surface area contributed by atoms with Gasteiger partial charge in [-0.15, -0.1) is 0 Å². The highest BCUT2D eigenvalue weighted by Gasteiger charge is 2.48. The van der Waals surface area contributed by atoms with E-state index in [-0.39, 0.29) is 23.2 Å². The molecule has 8 nitrogen and oxygen atoms in total. The minimum atomic E-state index is -0.571. The third-order valence-electron chi connectivity index (χ3n) is 6.36. The lowest BCUT2D eigenvalue weighted by atomic mass is 9.75. The number of carbonyl (C=O) groups excluding carboxylic acids is 1. The summed E-state index contributed by atoms with van der Waals surface area (Å²) in [6.07, 6.45) is 8.22. The van der Waals surface area contributed by atoms with Gasteiger partial charge in [0.15, 0.2) is 11.5 Å². The first-order valence-electron chi connectivity index (χ1n) is 10.3. The Labute approximate surface area is 182 Å². The number of ether oxygens (including phenoxy) is 1. The summed E-state index contributed by atoms with van der Waals surface area (Å²) in [6.45, 7) is 0. The predicted octanol–water partition coefficient (Wildman–Crippen LogP) is 3.45. The van der Waals surface area contributed by atoms with Crippen molar-refractivity contribution in [3.8, 4) is 11.4 Å². The van der Waals surface area contributed by atoms with E-state index in [1.165, 1.54) is 12.1 Å². The van der Waals surface area contributed by atoms with Crippen molar-refractivity contribution in [1.29, 1.82) is 0 Å². The standard InChI is InChI=1S/C23H18FN5O2.H2O/c24-15-3-1-13(2-4-15)19-26-12-18-21(28-19)29-20(27-18)14-5-8-23(9-6-14)17-11-25-10-7-16(17)22(30)31-23;/h1-4,7,10-12,14H,5-6,8-9H2,(H,26,27,28,29);1H2/t14-,23-;. The molecule has 32 heavy (non-hydrogen) atoms. The number of H-pyrrole nitrogens is 1. The zero-order valence-corrected chi connectivity index (χ0v) is 17.0. The second-order valence-corrected chi connectivity index (χ2v) is 8.14. The second-order valence-electron chi connectivity index (χ2n) is 8.14. The van der Waals surface area contributed by atoms with Gasteiger partial charge in [-0.3, -0.25) is 4.98 Å². The van der Waals surface area contributed by atoms with E-state index in [1.54, 1.807) is 36.8 Å². The number of hydrogen-bond donors (Lipinski definition) is 1. The van der Waals surface area contributed by atoms with Crippen LogP contribution in [-0.2, 0) is 10.3 Å². The van der Waals surface area contributed by atoms with Crippen LogP contribution in [0.4, 0.5) is 4.39 Å². The van der Waals surface area contributed by atoms with Crippen molar-refractivity contribution in [3.63, 3.8) is 0 Å². The van der Waals surface area contributed by atoms with Gasteiger partial charge in [-0.25, -0.2) is 24.1 Å². The molecule has 4 heterocycles. The molecule has 0 saturated heterocycles. The molecule has 1 aliphatic heterocycles. The highest BCUT2D eigenvalue weighted by molar-refractivity contribution is 5.94. The van der Waals surface area contributed by atoms with Crippen LogP contribution in [0.1, 0.15) is 53.3 Å². The number of aromatic amines is 1. The van der Waals surface area contributed by atoms with E-state index in [0.29, 0.717) is 17.0 Å². The van der Waals surface area contributed by atoms with Crippen molar-refractivity contribution in [1.82, 2.24) is 24.9 Å². The van der Waals surface area contributed by atoms with Crippen LogP contribution in [0.5, 0.6) is 0 Å². The van der Waals surface area contributed by atoms with E-state index in [9.17, 15) is 9.18 Å². The average molecular weight is 433 g/mol. The molecule has 4 aromatic rings. The topological polar surface area (TPSA) is 125 Å². The largest absolute Gasteiger partial charge is 0.450 e. The number of rotatable bonds is 2. The van der Waals surface area contributed by atoms with Crippen molar-refractivity contribution in [2.75, 3.05) is 0 Å². The predicted molar refractivity (Wildman–Crippen MR) is 113 cm³/mol. The van der Waals surface area contributed by atoms with Gasteiger partial charge in [-0.2, -0.15) is 0 Å². The number of fused-ring (bicyclic) bond motifs is 3.